The fraction of sp³-hybridized carbons (Fsp3) is 0. The molecule has 0 aliphatic carbocycles. The van der Waals surface area contributed by atoms with Crippen LogP contribution in [0.1, 0.15) is 10.6 Å². The molecule has 0 atom stereocenters. The molecule has 6 nitrogen and oxygen atoms in total. The maximum Gasteiger partial charge on any atom is 0.183 e. The molecule has 2 aromatic heterocycles. The number of nitrogen functional groups attached to an aromatic ring is 2. The van der Waals surface area contributed by atoms with Crippen LogP contribution < -0.4 is 11.5 Å². The van der Waals surface area contributed by atoms with Gasteiger partial charge in [0.2, 0.25) is 0 Å². The fourth-order valence-electron chi connectivity index (χ4n) is 1.10. The number of nitrogens with two attached hydrogens (primary N) is 2. The van der Waals surface area contributed by atoms with Crippen LogP contribution >= 0.6 is 11.3 Å². The largest absolute Gasteiger partial charge is 0.395 e. The summed E-state index contributed by atoms with van der Waals surface area (Å²) in [4.78, 5) is 8.71. The topological polar surface area (TPSA) is 125 Å². The predicted molar refractivity (Wildman–Crippen MR) is 55.7 cm³/mol. The maximum absolute atomic E-state index is 8.74. The van der Waals surface area contributed by atoms with E-state index in [1.165, 1.54) is 0 Å². The van der Waals surface area contributed by atoms with Gasteiger partial charge in [0.25, 0.3) is 0 Å². The van der Waals surface area contributed by atoms with Crippen molar-refractivity contribution in [2.75, 3.05) is 11.5 Å². The number of fused-ring (bicyclic) bond motifs is 1. The summed E-state index contributed by atoms with van der Waals surface area (Å²) in [7, 11) is 0. The summed E-state index contributed by atoms with van der Waals surface area (Å²) in [6.45, 7) is 0. The van der Waals surface area contributed by atoms with E-state index in [2.05, 4.69) is 9.97 Å². The Morgan fingerprint density at radius 3 is 2.47 bits per heavy atom. The highest BCUT2D eigenvalue weighted by molar-refractivity contribution is 7.19. The summed E-state index contributed by atoms with van der Waals surface area (Å²) in [6, 6.07) is 3.74. The number of aromatic nitrogens is 2. The average molecular weight is 216 g/mol. The second-order valence-electron chi connectivity index (χ2n) is 2.68. The first-order valence-electron chi connectivity index (χ1n) is 3.83. The number of nitrogens with zero attached hydrogens (tertiary/aromatic N) is 4. The van der Waals surface area contributed by atoms with Gasteiger partial charge in [-0.05, 0) is 0 Å². The van der Waals surface area contributed by atoms with Crippen molar-refractivity contribution >= 4 is 33.2 Å². The van der Waals surface area contributed by atoms with Crippen LogP contribution in [0.3, 0.4) is 0 Å². The van der Waals surface area contributed by atoms with Crippen molar-refractivity contribution in [3.63, 3.8) is 0 Å². The Morgan fingerprint density at radius 2 is 1.87 bits per heavy atom. The number of hydrogen-bond donors (Lipinski definition) is 2. The van der Waals surface area contributed by atoms with E-state index in [0.29, 0.717) is 15.2 Å². The van der Waals surface area contributed by atoms with Crippen molar-refractivity contribution in [2.24, 2.45) is 0 Å². The quantitative estimate of drug-likeness (QED) is 0.664. The summed E-state index contributed by atoms with van der Waals surface area (Å²) in [5, 5.41) is 17.4. The molecule has 0 spiro atoms. The third-order valence-electron chi connectivity index (χ3n) is 1.80. The zero-order chi connectivity index (χ0) is 11.0. The lowest BCUT2D eigenvalue weighted by Crippen LogP contribution is -1.98. The lowest BCUT2D eigenvalue weighted by atomic mass is 10.3. The van der Waals surface area contributed by atoms with E-state index < -0.39 is 0 Å². The van der Waals surface area contributed by atoms with Gasteiger partial charge in [-0.2, -0.15) is 10.5 Å². The molecule has 4 N–H and O–H groups in total. The summed E-state index contributed by atoms with van der Waals surface area (Å²) in [5.41, 5.74) is 11.8. The van der Waals surface area contributed by atoms with Gasteiger partial charge in [0.05, 0.1) is 5.69 Å². The third-order valence-corrected chi connectivity index (χ3v) is 2.79. The number of rotatable bonds is 0. The Bertz CT molecular complexity index is 629. The van der Waals surface area contributed by atoms with Gasteiger partial charge in [-0.15, -0.1) is 11.3 Å². The SMILES string of the molecule is N#Cc1nc2c(N)c(C#N)sc2nc1N. The number of nitriles is 2. The highest BCUT2D eigenvalue weighted by Gasteiger charge is 2.14. The maximum atomic E-state index is 8.74. The van der Waals surface area contributed by atoms with Crippen LogP contribution in [-0.4, -0.2) is 9.97 Å². The van der Waals surface area contributed by atoms with Crippen LogP contribution in [0.15, 0.2) is 0 Å². The Labute approximate surface area is 88.4 Å². The average Bonchev–Trinajstić information content (AvgIpc) is 2.54. The minimum absolute atomic E-state index is 0.0245. The fourth-order valence-corrected chi connectivity index (χ4v) is 1.95. The highest BCUT2D eigenvalue weighted by Crippen LogP contribution is 2.31. The molecule has 0 aliphatic heterocycles. The van der Waals surface area contributed by atoms with Crippen LogP contribution in [0.25, 0.3) is 10.3 Å². The van der Waals surface area contributed by atoms with Gasteiger partial charge >= 0.3 is 0 Å². The van der Waals surface area contributed by atoms with Crippen LogP contribution in [0.2, 0.25) is 0 Å². The van der Waals surface area contributed by atoms with E-state index >= 15 is 0 Å². The minimum Gasteiger partial charge on any atom is -0.395 e. The lowest BCUT2D eigenvalue weighted by Gasteiger charge is -1.95. The molecular formula is C8H4N6S. The summed E-state index contributed by atoms with van der Waals surface area (Å²) < 4.78 is 0. The molecule has 0 saturated carbocycles. The van der Waals surface area contributed by atoms with Gasteiger partial charge in [-0.1, -0.05) is 0 Å². The number of anilines is 2. The van der Waals surface area contributed by atoms with Crippen molar-refractivity contribution in [2.45, 2.75) is 0 Å². The molecule has 0 bridgehead atoms. The number of hydrogen-bond acceptors (Lipinski definition) is 7. The second-order valence-corrected chi connectivity index (χ2v) is 3.68. The van der Waals surface area contributed by atoms with Crippen LogP contribution in [0.5, 0.6) is 0 Å². The highest BCUT2D eigenvalue weighted by atomic mass is 32.1. The smallest absolute Gasteiger partial charge is 0.183 e. The monoisotopic (exact) mass is 216 g/mol. The molecule has 7 heteroatoms. The van der Waals surface area contributed by atoms with E-state index in [1.807, 2.05) is 12.1 Å². The zero-order valence-corrected chi connectivity index (χ0v) is 8.17. The Kier molecular flexibility index (Phi) is 1.89. The van der Waals surface area contributed by atoms with Crippen molar-refractivity contribution in [1.29, 1.82) is 10.5 Å². The van der Waals surface area contributed by atoms with Gasteiger partial charge in [-0.25, -0.2) is 9.97 Å². The molecular weight excluding hydrogens is 212 g/mol. The van der Waals surface area contributed by atoms with Gasteiger partial charge < -0.3 is 11.5 Å². The second kappa shape index (κ2) is 3.08. The van der Waals surface area contributed by atoms with E-state index in [9.17, 15) is 0 Å². The van der Waals surface area contributed by atoms with Crippen molar-refractivity contribution in [3.8, 4) is 12.1 Å². The molecule has 2 rings (SSSR count). The molecule has 2 heterocycles. The van der Waals surface area contributed by atoms with Gasteiger partial charge in [0.15, 0.2) is 11.5 Å². The standard InChI is InChI=1S/C8H4N6S/c9-1-3-7(12)14-8-6(13-3)5(11)4(2-10)15-8/h11H2,(H2,12,14). The Hall–Kier alpha value is -2.38. The molecule has 0 aromatic carbocycles. The third kappa shape index (κ3) is 1.23. The molecule has 72 valence electrons. The predicted octanol–water partition coefficient (Wildman–Crippen LogP) is 0.599. The van der Waals surface area contributed by atoms with Crippen molar-refractivity contribution in [1.82, 2.24) is 9.97 Å². The first-order chi connectivity index (χ1) is 7.17. The molecule has 0 aliphatic rings. The first kappa shape index (κ1) is 9.19. The molecule has 0 radical (unpaired) electrons. The van der Waals surface area contributed by atoms with Gasteiger partial charge in [-0.3, -0.25) is 0 Å². The summed E-state index contributed by atoms with van der Waals surface area (Å²) in [6.07, 6.45) is 0. The van der Waals surface area contributed by atoms with Crippen LogP contribution in [-0.2, 0) is 0 Å². The summed E-state index contributed by atoms with van der Waals surface area (Å²) >= 11 is 1.11. The lowest BCUT2D eigenvalue weighted by molar-refractivity contribution is 1.27. The normalized spacial score (nSPS) is 9.73. The van der Waals surface area contributed by atoms with Crippen molar-refractivity contribution < 1.29 is 0 Å². The van der Waals surface area contributed by atoms with Gasteiger partial charge in [0, 0.05) is 0 Å². The molecule has 0 unspecified atom stereocenters. The molecule has 0 saturated heterocycles. The van der Waals surface area contributed by atoms with E-state index in [1.54, 1.807) is 0 Å². The van der Waals surface area contributed by atoms with E-state index in [4.69, 9.17) is 22.0 Å². The first-order valence-corrected chi connectivity index (χ1v) is 4.64. The number of thiophene rings is 1. The van der Waals surface area contributed by atoms with Crippen molar-refractivity contribution in [3.05, 3.63) is 10.6 Å². The van der Waals surface area contributed by atoms with Crippen LogP contribution in [0.4, 0.5) is 11.5 Å². The Balaban J connectivity index is 2.88. The van der Waals surface area contributed by atoms with Gasteiger partial charge in [0.1, 0.15) is 27.4 Å². The van der Waals surface area contributed by atoms with E-state index in [-0.39, 0.29) is 17.2 Å². The zero-order valence-electron chi connectivity index (χ0n) is 7.35. The Morgan fingerprint density at radius 1 is 1.13 bits per heavy atom. The van der Waals surface area contributed by atoms with E-state index in [0.717, 1.165) is 11.3 Å². The molecule has 15 heavy (non-hydrogen) atoms. The van der Waals surface area contributed by atoms with Crippen LogP contribution in [0, 0.1) is 22.7 Å². The molecule has 0 fully saturated rings. The molecule has 2 aromatic rings. The summed E-state index contributed by atoms with van der Waals surface area (Å²) in [5.74, 6) is 0.0516. The molecule has 0 amide bonds. The minimum atomic E-state index is 0.0245.